The summed E-state index contributed by atoms with van der Waals surface area (Å²) >= 11 is 0. The summed E-state index contributed by atoms with van der Waals surface area (Å²) < 4.78 is 5.37. The maximum atomic E-state index is 12.6. The predicted octanol–water partition coefficient (Wildman–Crippen LogP) is 1.53. The molecule has 0 bridgehead atoms. The maximum absolute atomic E-state index is 12.6. The number of rotatable bonds is 6. The Kier molecular flexibility index (Phi) is 5.20. The van der Waals surface area contributed by atoms with Crippen LogP contribution in [0.3, 0.4) is 0 Å². The van der Waals surface area contributed by atoms with Crippen molar-refractivity contribution in [1.82, 2.24) is 20.4 Å². The van der Waals surface area contributed by atoms with Gasteiger partial charge in [0.2, 0.25) is 11.8 Å². The third-order valence-electron chi connectivity index (χ3n) is 5.35. The first kappa shape index (κ1) is 17.4. The fourth-order valence-electron chi connectivity index (χ4n) is 4.04. The van der Waals surface area contributed by atoms with Crippen molar-refractivity contribution in [2.24, 2.45) is 11.7 Å². The van der Waals surface area contributed by atoms with Crippen molar-refractivity contribution in [3.05, 3.63) is 11.7 Å². The Morgan fingerprint density at radius 1 is 1.33 bits per heavy atom. The summed E-state index contributed by atoms with van der Waals surface area (Å²) in [6.45, 7) is 0.605. The minimum Gasteiger partial charge on any atom is -0.343 e. The van der Waals surface area contributed by atoms with Crippen molar-refractivity contribution in [1.29, 1.82) is 0 Å². The van der Waals surface area contributed by atoms with E-state index in [9.17, 15) is 4.79 Å². The Morgan fingerprint density at radius 3 is 2.71 bits per heavy atom. The molecule has 3 N–H and O–H groups in total. The van der Waals surface area contributed by atoms with Gasteiger partial charge in [-0.1, -0.05) is 24.4 Å². The van der Waals surface area contributed by atoms with E-state index in [1.165, 1.54) is 0 Å². The molecule has 0 radical (unpaired) electrons. The molecule has 0 spiro atoms. The van der Waals surface area contributed by atoms with E-state index in [1.807, 2.05) is 19.0 Å². The van der Waals surface area contributed by atoms with E-state index in [1.54, 1.807) is 0 Å². The molecular weight excluding hydrogens is 306 g/mol. The molecule has 0 aliphatic heterocycles. The number of aromatic nitrogens is 2. The minimum absolute atomic E-state index is 0.0678. The van der Waals surface area contributed by atoms with Gasteiger partial charge in [0, 0.05) is 12.5 Å². The molecule has 2 saturated carbocycles. The van der Waals surface area contributed by atoms with Gasteiger partial charge >= 0.3 is 0 Å². The van der Waals surface area contributed by atoms with Crippen molar-refractivity contribution >= 4 is 5.91 Å². The largest absolute Gasteiger partial charge is 0.343 e. The van der Waals surface area contributed by atoms with Crippen molar-refractivity contribution in [3.8, 4) is 0 Å². The van der Waals surface area contributed by atoms with Crippen LogP contribution in [0.15, 0.2) is 4.52 Å². The van der Waals surface area contributed by atoms with E-state index in [4.69, 9.17) is 10.3 Å². The molecule has 24 heavy (non-hydrogen) atoms. The summed E-state index contributed by atoms with van der Waals surface area (Å²) in [6.07, 6.45) is 7.60. The van der Waals surface area contributed by atoms with Gasteiger partial charge < -0.3 is 20.5 Å². The first-order valence-corrected chi connectivity index (χ1v) is 9.03. The number of nitrogens with zero attached hydrogens (tertiary/aromatic N) is 3. The highest BCUT2D eigenvalue weighted by Gasteiger charge is 2.42. The third-order valence-corrected chi connectivity index (χ3v) is 5.35. The lowest BCUT2D eigenvalue weighted by atomic mass is 9.94. The van der Waals surface area contributed by atoms with E-state index in [0.29, 0.717) is 30.6 Å². The SMILES string of the molecule is CN(C)Cc1nc(C2(NC(=O)C[C@@H]3CCC[C@H]3N)CCCC2)no1. The topological polar surface area (TPSA) is 97.3 Å². The Hall–Kier alpha value is -1.47. The van der Waals surface area contributed by atoms with Gasteiger partial charge in [0.1, 0.15) is 5.54 Å². The van der Waals surface area contributed by atoms with Crippen molar-refractivity contribution in [2.45, 2.75) is 69.5 Å². The van der Waals surface area contributed by atoms with E-state index >= 15 is 0 Å². The summed E-state index contributed by atoms with van der Waals surface area (Å²) in [7, 11) is 3.92. The molecule has 3 rings (SSSR count). The number of hydrogen-bond donors (Lipinski definition) is 2. The number of amides is 1. The first-order valence-electron chi connectivity index (χ1n) is 9.03. The monoisotopic (exact) mass is 335 g/mol. The van der Waals surface area contributed by atoms with Gasteiger partial charge in [-0.15, -0.1) is 0 Å². The molecule has 2 aliphatic rings. The molecule has 1 heterocycles. The van der Waals surface area contributed by atoms with E-state index in [0.717, 1.165) is 44.9 Å². The van der Waals surface area contributed by atoms with Gasteiger partial charge in [0.25, 0.3) is 0 Å². The first-order chi connectivity index (χ1) is 11.5. The number of hydrogen-bond acceptors (Lipinski definition) is 6. The molecule has 2 fully saturated rings. The zero-order valence-electron chi connectivity index (χ0n) is 14.8. The van der Waals surface area contributed by atoms with Gasteiger partial charge in [-0.3, -0.25) is 4.79 Å². The van der Waals surface area contributed by atoms with Gasteiger partial charge in [-0.25, -0.2) is 0 Å². The van der Waals surface area contributed by atoms with Crippen molar-refractivity contribution in [3.63, 3.8) is 0 Å². The zero-order chi connectivity index (χ0) is 17.2. The number of nitrogens with two attached hydrogens (primary N) is 1. The minimum atomic E-state index is -0.464. The third kappa shape index (κ3) is 3.78. The van der Waals surface area contributed by atoms with E-state index in [-0.39, 0.29) is 11.9 Å². The lowest BCUT2D eigenvalue weighted by Crippen LogP contribution is -2.45. The second kappa shape index (κ2) is 7.19. The van der Waals surface area contributed by atoms with Gasteiger partial charge in [-0.2, -0.15) is 4.98 Å². The van der Waals surface area contributed by atoms with Crippen LogP contribution in [-0.2, 0) is 16.9 Å². The maximum Gasteiger partial charge on any atom is 0.240 e. The number of carbonyl (C=O) groups excluding carboxylic acids is 1. The molecule has 0 saturated heterocycles. The lowest BCUT2D eigenvalue weighted by Gasteiger charge is -2.28. The van der Waals surface area contributed by atoms with Crippen LogP contribution in [0.5, 0.6) is 0 Å². The molecule has 0 aromatic carbocycles. The van der Waals surface area contributed by atoms with Crippen molar-refractivity contribution < 1.29 is 9.32 Å². The quantitative estimate of drug-likeness (QED) is 0.818. The van der Waals surface area contributed by atoms with Crippen LogP contribution in [0.25, 0.3) is 0 Å². The average molecular weight is 335 g/mol. The van der Waals surface area contributed by atoms with Crippen LogP contribution in [0.2, 0.25) is 0 Å². The molecule has 2 atom stereocenters. The summed E-state index contributed by atoms with van der Waals surface area (Å²) in [6, 6.07) is 0.159. The Bertz CT molecular complexity index is 565. The standard InChI is InChI=1S/C17H29N5O2/c1-22(2)11-15-19-16(21-24-15)17(8-3-4-9-17)20-14(23)10-12-6-5-7-13(12)18/h12-13H,3-11,18H2,1-2H3,(H,20,23)/t12-,13+/m0/s1. The molecule has 0 unspecified atom stereocenters. The zero-order valence-corrected chi connectivity index (χ0v) is 14.8. The van der Waals surface area contributed by atoms with Crippen LogP contribution in [-0.4, -0.2) is 41.1 Å². The smallest absolute Gasteiger partial charge is 0.240 e. The van der Waals surface area contributed by atoms with Gasteiger partial charge in [0.15, 0.2) is 5.82 Å². The molecule has 7 heteroatoms. The fourth-order valence-corrected chi connectivity index (χ4v) is 4.04. The second-order valence-corrected chi connectivity index (χ2v) is 7.65. The number of nitrogens with one attached hydrogen (secondary N) is 1. The van der Waals surface area contributed by atoms with Gasteiger partial charge in [0.05, 0.1) is 6.54 Å². The highest BCUT2D eigenvalue weighted by molar-refractivity contribution is 5.77. The van der Waals surface area contributed by atoms with Crippen LogP contribution in [0.4, 0.5) is 0 Å². The van der Waals surface area contributed by atoms with Crippen LogP contribution in [0.1, 0.15) is 63.1 Å². The molecule has 134 valence electrons. The lowest BCUT2D eigenvalue weighted by molar-refractivity contribution is -0.124. The summed E-state index contributed by atoms with van der Waals surface area (Å²) in [5.41, 5.74) is 5.64. The Balaban J connectivity index is 1.69. The van der Waals surface area contributed by atoms with Crippen LogP contribution < -0.4 is 11.1 Å². The molecular formula is C17H29N5O2. The second-order valence-electron chi connectivity index (χ2n) is 7.65. The summed E-state index contributed by atoms with van der Waals surface area (Å²) in [4.78, 5) is 19.1. The predicted molar refractivity (Wildman–Crippen MR) is 89.9 cm³/mol. The van der Waals surface area contributed by atoms with Crippen molar-refractivity contribution in [2.75, 3.05) is 14.1 Å². The Morgan fingerprint density at radius 2 is 2.08 bits per heavy atom. The molecule has 1 aromatic rings. The summed E-state index contributed by atoms with van der Waals surface area (Å²) in [5.74, 6) is 1.59. The Labute approximate surface area is 143 Å². The highest BCUT2D eigenvalue weighted by atomic mass is 16.5. The molecule has 7 nitrogen and oxygen atoms in total. The van der Waals surface area contributed by atoms with Gasteiger partial charge in [-0.05, 0) is 45.7 Å². The highest BCUT2D eigenvalue weighted by Crippen LogP contribution is 2.38. The summed E-state index contributed by atoms with van der Waals surface area (Å²) in [5, 5.41) is 7.40. The van der Waals surface area contributed by atoms with E-state index in [2.05, 4.69) is 15.5 Å². The molecule has 2 aliphatic carbocycles. The van der Waals surface area contributed by atoms with Crippen LogP contribution in [0, 0.1) is 5.92 Å². The molecule has 1 amide bonds. The average Bonchev–Trinajstić information content (AvgIpc) is 3.22. The normalized spacial score (nSPS) is 26.2. The van der Waals surface area contributed by atoms with E-state index < -0.39 is 5.54 Å². The molecule has 1 aromatic heterocycles. The fraction of sp³-hybridized carbons (Fsp3) is 0.824. The van der Waals surface area contributed by atoms with Crippen LogP contribution >= 0.6 is 0 Å². The number of carbonyl (C=O) groups is 1.